The van der Waals surface area contributed by atoms with Crippen LogP contribution in [0.25, 0.3) is 0 Å². The molecule has 1 aromatic heterocycles. The van der Waals surface area contributed by atoms with Crippen LogP contribution in [0.1, 0.15) is 52.9 Å². The number of hydrogen-bond donors (Lipinski definition) is 1. The molecule has 1 aromatic rings. The number of hydrogen-bond acceptors (Lipinski definition) is 3. The Balaban J connectivity index is 2.30. The SMILES string of the molecule is CC(=O)c1c(C)[nH]c(C(=O)N2C[C@@H](C)O[C@@H](C)C2)c1C. The van der Waals surface area contributed by atoms with Gasteiger partial charge in [0.2, 0.25) is 0 Å². The van der Waals surface area contributed by atoms with Crippen LogP contribution in [0.5, 0.6) is 0 Å². The second kappa shape index (κ2) is 5.40. The zero-order chi connectivity index (χ0) is 15.0. The summed E-state index contributed by atoms with van der Waals surface area (Å²) in [5, 5.41) is 0. The molecule has 1 amide bonds. The van der Waals surface area contributed by atoms with Crippen molar-refractivity contribution in [1.82, 2.24) is 9.88 Å². The monoisotopic (exact) mass is 278 g/mol. The highest BCUT2D eigenvalue weighted by molar-refractivity contribution is 6.02. The molecule has 0 aliphatic carbocycles. The van der Waals surface area contributed by atoms with Gasteiger partial charge in [0.25, 0.3) is 5.91 Å². The summed E-state index contributed by atoms with van der Waals surface area (Å²) in [4.78, 5) is 29.1. The number of H-pyrrole nitrogens is 1. The quantitative estimate of drug-likeness (QED) is 0.842. The molecule has 2 heterocycles. The van der Waals surface area contributed by atoms with Crippen LogP contribution in [0.2, 0.25) is 0 Å². The number of nitrogens with zero attached hydrogens (tertiary/aromatic N) is 1. The molecule has 110 valence electrons. The van der Waals surface area contributed by atoms with Gasteiger partial charge >= 0.3 is 0 Å². The molecule has 1 saturated heterocycles. The first-order valence-corrected chi connectivity index (χ1v) is 6.96. The summed E-state index contributed by atoms with van der Waals surface area (Å²) in [6.07, 6.45) is 0.0673. The summed E-state index contributed by atoms with van der Waals surface area (Å²) < 4.78 is 5.64. The van der Waals surface area contributed by atoms with Gasteiger partial charge in [-0.2, -0.15) is 0 Å². The van der Waals surface area contributed by atoms with E-state index in [1.165, 1.54) is 6.92 Å². The number of nitrogens with one attached hydrogen (secondary N) is 1. The molecular formula is C15H22N2O3. The van der Waals surface area contributed by atoms with E-state index >= 15 is 0 Å². The molecule has 2 atom stereocenters. The van der Waals surface area contributed by atoms with Gasteiger partial charge in [-0.05, 0) is 40.2 Å². The number of morpholine rings is 1. The van der Waals surface area contributed by atoms with Crippen molar-refractivity contribution in [2.45, 2.75) is 46.8 Å². The molecule has 0 radical (unpaired) electrons. The number of Topliss-reactive ketones (excluding diaryl/α,β-unsaturated/α-hetero) is 1. The van der Waals surface area contributed by atoms with Crippen molar-refractivity contribution in [2.75, 3.05) is 13.1 Å². The van der Waals surface area contributed by atoms with E-state index in [9.17, 15) is 9.59 Å². The Hall–Kier alpha value is -1.62. The highest BCUT2D eigenvalue weighted by Gasteiger charge is 2.29. The summed E-state index contributed by atoms with van der Waals surface area (Å²) in [6, 6.07) is 0. The van der Waals surface area contributed by atoms with Gasteiger partial charge in [0.05, 0.1) is 12.2 Å². The number of aromatic amines is 1. The molecule has 1 N–H and O–H groups in total. The zero-order valence-electron chi connectivity index (χ0n) is 12.7. The van der Waals surface area contributed by atoms with E-state index in [-0.39, 0.29) is 23.9 Å². The first kappa shape index (κ1) is 14.8. The Morgan fingerprint density at radius 1 is 1.20 bits per heavy atom. The van der Waals surface area contributed by atoms with Crippen LogP contribution in [-0.2, 0) is 4.74 Å². The molecule has 0 saturated carbocycles. The maximum atomic E-state index is 12.6. The van der Waals surface area contributed by atoms with Crippen LogP contribution >= 0.6 is 0 Å². The predicted octanol–water partition coefficient (Wildman–Crippen LogP) is 2.08. The summed E-state index contributed by atoms with van der Waals surface area (Å²) in [5.74, 6) is -0.0703. The minimum atomic E-state index is -0.0555. The van der Waals surface area contributed by atoms with Gasteiger partial charge < -0.3 is 14.6 Å². The zero-order valence-corrected chi connectivity index (χ0v) is 12.7. The number of aromatic nitrogens is 1. The van der Waals surface area contributed by atoms with Crippen molar-refractivity contribution < 1.29 is 14.3 Å². The van der Waals surface area contributed by atoms with Crippen LogP contribution in [0, 0.1) is 13.8 Å². The highest BCUT2D eigenvalue weighted by atomic mass is 16.5. The van der Waals surface area contributed by atoms with Crippen molar-refractivity contribution in [1.29, 1.82) is 0 Å². The Morgan fingerprint density at radius 2 is 1.75 bits per heavy atom. The smallest absolute Gasteiger partial charge is 0.270 e. The molecule has 1 fully saturated rings. The molecule has 5 heteroatoms. The molecular weight excluding hydrogens is 256 g/mol. The highest BCUT2D eigenvalue weighted by Crippen LogP contribution is 2.21. The van der Waals surface area contributed by atoms with E-state index in [1.807, 2.05) is 27.7 Å². The number of carbonyl (C=O) groups excluding carboxylic acids is 2. The largest absolute Gasteiger partial charge is 0.372 e. The normalized spacial score (nSPS) is 22.9. The van der Waals surface area contributed by atoms with Crippen LogP contribution < -0.4 is 0 Å². The maximum absolute atomic E-state index is 12.6. The van der Waals surface area contributed by atoms with E-state index in [4.69, 9.17) is 4.74 Å². The fraction of sp³-hybridized carbons (Fsp3) is 0.600. The number of amides is 1. The van der Waals surface area contributed by atoms with Gasteiger partial charge in [0.1, 0.15) is 5.69 Å². The topological polar surface area (TPSA) is 62.4 Å². The fourth-order valence-corrected chi connectivity index (χ4v) is 2.99. The van der Waals surface area contributed by atoms with E-state index < -0.39 is 0 Å². The molecule has 2 rings (SSSR count). The summed E-state index contributed by atoms with van der Waals surface area (Å²) >= 11 is 0. The lowest BCUT2D eigenvalue weighted by Gasteiger charge is -2.35. The van der Waals surface area contributed by atoms with Crippen LogP contribution in [0.4, 0.5) is 0 Å². The molecule has 0 aromatic carbocycles. The third-order valence-electron chi connectivity index (χ3n) is 3.71. The molecule has 5 nitrogen and oxygen atoms in total. The number of ether oxygens (including phenoxy) is 1. The van der Waals surface area contributed by atoms with Crippen molar-refractivity contribution in [3.8, 4) is 0 Å². The average Bonchev–Trinajstić information content (AvgIpc) is 2.62. The third kappa shape index (κ3) is 2.63. The number of rotatable bonds is 2. The third-order valence-corrected chi connectivity index (χ3v) is 3.71. The van der Waals surface area contributed by atoms with E-state index in [0.29, 0.717) is 24.3 Å². The summed E-state index contributed by atoms with van der Waals surface area (Å²) in [5.41, 5.74) is 2.65. The lowest BCUT2D eigenvalue weighted by Crippen LogP contribution is -2.48. The second-order valence-electron chi connectivity index (χ2n) is 5.65. The minimum Gasteiger partial charge on any atom is -0.372 e. The first-order chi connectivity index (χ1) is 9.31. The predicted molar refractivity (Wildman–Crippen MR) is 76.2 cm³/mol. The maximum Gasteiger partial charge on any atom is 0.270 e. The second-order valence-corrected chi connectivity index (χ2v) is 5.65. The van der Waals surface area contributed by atoms with Gasteiger partial charge in [0, 0.05) is 24.3 Å². The average molecular weight is 278 g/mol. The van der Waals surface area contributed by atoms with Crippen molar-refractivity contribution >= 4 is 11.7 Å². The molecule has 0 unspecified atom stereocenters. The first-order valence-electron chi connectivity index (χ1n) is 6.96. The molecule has 1 aliphatic heterocycles. The number of aryl methyl sites for hydroxylation is 1. The Bertz CT molecular complexity index is 538. The van der Waals surface area contributed by atoms with E-state index in [0.717, 1.165) is 11.3 Å². The lowest BCUT2D eigenvalue weighted by atomic mass is 10.1. The van der Waals surface area contributed by atoms with E-state index in [1.54, 1.807) is 4.90 Å². The van der Waals surface area contributed by atoms with Crippen LogP contribution in [-0.4, -0.2) is 46.9 Å². The standard InChI is InChI=1S/C15H22N2O3/c1-8-6-17(7-9(2)20-8)15(19)14-10(3)13(12(5)18)11(4)16-14/h8-9,16H,6-7H2,1-5H3/t8-,9+. The van der Waals surface area contributed by atoms with Crippen LogP contribution in [0.15, 0.2) is 0 Å². The fourth-order valence-electron chi connectivity index (χ4n) is 2.99. The molecule has 1 aliphatic rings. The van der Waals surface area contributed by atoms with Crippen LogP contribution in [0.3, 0.4) is 0 Å². The Kier molecular flexibility index (Phi) is 3.99. The minimum absolute atomic E-state index is 0.0148. The summed E-state index contributed by atoms with van der Waals surface area (Å²) in [7, 11) is 0. The van der Waals surface area contributed by atoms with Gasteiger partial charge in [-0.3, -0.25) is 9.59 Å². The van der Waals surface area contributed by atoms with E-state index in [2.05, 4.69) is 4.98 Å². The number of ketones is 1. The summed E-state index contributed by atoms with van der Waals surface area (Å²) in [6.45, 7) is 10.3. The molecule has 0 bridgehead atoms. The number of carbonyl (C=O) groups is 2. The van der Waals surface area contributed by atoms with Gasteiger partial charge in [-0.1, -0.05) is 0 Å². The van der Waals surface area contributed by atoms with Crippen molar-refractivity contribution in [3.63, 3.8) is 0 Å². The van der Waals surface area contributed by atoms with Gasteiger partial charge in [-0.15, -0.1) is 0 Å². The van der Waals surface area contributed by atoms with Gasteiger partial charge in [0.15, 0.2) is 5.78 Å². The Morgan fingerprint density at radius 3 is 2.20 bits per heavy atom. The van der Waals surface area contributed by atoms with Crippen molar-refractivity contribution in [2.24, 2.45) is 0 Å². The Labute approximate surface area is 119 Å². The molecule has 0 spiro atoms. The van der Waals surface area contributed by atoms with Crippen molar-refractivity contribution in [3.05, 3.63) is 22.5 Å². The van der Waals surface area contributed by atoms with Gasteiger partial charge in [-0.25, -0.2) is 0 Å². The molecule has 20 heavy (non-hydrogen) atoms. The lowest BCUT2D eigenvalue weighted by molar-refractivity contribution is -0.0587.